The number of benzene rings is 1. The van der Waals surface area contributed by atoms with E-state index in [0.717, 1.165) is 18.4 Å². The van der Waals surface area contributed by atoms with E-state index in [2.05, 4.69) is 16.1 Å². The average molecular weight is 232 g/mol. The minimum atomic E-state index is -4.59. The van der Waals surface area contributed by atoms with Crippen LogP contribution in [-0.2, 0) is 10.9 Å². The molecule has 1 aromatic carbocycles. The highest BCUT2D eigenvalue weighted by atomic mass is 19.4. The molecular formula is C10H7F3O3. The van der Waals surface area contributed by atoms with E-state index in [4.69, 9.17) is 0 Å². The third-order valence-corrected chi connectivity index (χ3v) is 1.57. The molecular weight excluding hydrogens is 225 g/mol. The number of carbonyl (C=O) groups excluding carboxylic acids is 1. The number of hydrogen-bond acceptors (Lipinski definition) is 3. The molecule has 0 amide bonds. The zero-order valence-electron chi connectivity index (χ0n) is 7.95. The Kier molecular flexibility index (Phi) is 3.55. The van der Waals surface area contributed by atoms with Crippen LogP contribution in [0.15, 0.2) is 37.1 Å². The molecule has 0 aliphatic heterocycles. The smallest absolute Gasteiger partial charge is 0.403 e. The Balaban J connectivity index is 2.96. The van der Waals surface area contributed by atoms with E-state index >= 15 is 0 Å². The lowest BCUT2D eigenvalue weighted by molar-refractivity contribution is -0.138. The molecule has 16 heavy (non-hydrogen) atoms. The highest BCUT2D eigenvalue weighted by molar-refractivity contribution is 5.65. The van der Waals surface area contributed by atoms with E-state index < -0.39 is 23.6 Å². The minimum Gasteiger partial charge on any atom is -0.403 e. The molecule has 0 aliphatic rings. The second kappa shape index (κ2) is 4.69. The number of rotatable bonds is 2. The van der Waals surface area contributed by atoms with Gasteiger partial charge in [-0.1, -0.05) is 18.7 Å². The van der Waals surface area contributed by atoms with Crippen LogP contribution in [0.5, 0.6) is 5.75 Å². The second-order valence-electron chi connectivity index (χ2n) is 2.63. The topological polar surface area (TPSA) is 35.5 Å². The molecule has 0 radical (unpaired) electrons. The zero-order valence-corrected chi connectivity index (χ0v) is 7.95. The van der Waals surface area contributed by atoms with Gasteiger partial charge in [0.2, 0.25) is 0 Å². The minimum absolute atomic E-state index is 0.609. The van der Waals surface area contributed by atoms with Gasteiger partial charge in [0.05, 0.1) is 11.8 Å². The van der Waals surface area contributed by atoms with Crippen molar-refractivity contribution in [2.75, 3.05) is 0 Å². The van der Waals surface area contributed by atoms with Crippen molar-refractivity contribution < 1.29 is 27.4 Å². The summed E-state index contributed by atoms with van der Waals surface area (Å²) in [5.41, 5.74) is -1.05. The molecule has 3 nitrogen and oxygen atoms in total. The molecule has 0 saturated heterocycles. The summed E-state index contributed by atoms with van der Waals surface area (Å²) < 4.78 is 45.8. The number of hydrogen-bond donors (Lipinski definition) is 0. The van der Waals surface area contributed by atoms with Gasteiger partial charge >= 0.3 is 12.3 Å². The van der Waals surface area contributed by atoms with Gasteiger partial charge in [0.1, 0.15) is 5.75 Å². The van der Waals surface area contributed by atoms with E-state index in [1.165, 1.54) is 12.1 Å². The van der Waals surface area contributed by atoms with Gasteiger partial charge in [-0.3, -0.25) is 0 Å². The van der Waals surface area contributed by atoms with Crippen LogP contribution in [0.25, 0.3) is 0 Å². The summed E-state index contributed by atoms with van der Waals surface area (Å²) in [7, 11) is 0. The predicted octanol–water partition coefficient (Wildman–Crippen LogP) is 3.36. The van der Waals surface area contributed by atoms with Gasteiger partial charge in [0.25, 0.3) is 0 Å². The quantitative estimate of drug-likeness (QED) is 0.445. The van der Waals surface area contributed by atoms with Crippen LogP contribution >= 0.6 is 0 Å². The van der Waals surface area contributed by atoms with E-state index in [9.17, 15) is 18.0 Å². The van der Waals surface area contributed by atoms with E-state index in [1.807, 2.05) is 0 Å². The fraction of sp³-hybridized carbons (Fsp3) is 0.100. The Bertz CT molecular complexity index is 399. The molecule has 0 N–H and O–H groups in total. The van der Waals surface area contributed by atoms with Gasteiger partial charge in [0, 0.05) is 0 Å². The standard InChI is InChI=1S/C10H7F3O3/c1-2-15-9(14)16-8-6-4-3-5-7(8)10(11,12)13/h2-6H,1H2. The Hall–Kier alpha value is -1.98. The average Bonchev–Trinajstić information content (AvgIpc) is 2.17. The lowest BCUT2D eigenvalue weighted by atomic mass is 10.2. The fourth-order valence-electron chi connectivity index (χ4n) is 0.972. The lowest BCUT2D eigenvalue weighted by Crippen LogP contribution is -2.12. The van der Waals surface area contributed by atoms with Crippen LogP contribution in [0.3, 0.4) is 0 Å². The van der Waals surface area contributed by atoms with Crippen molar-refractivity contribution >= 4 is 6.16 Å². The summed E-state index contributed by atoms with van der Waals surface area (Å²) >= 11 is 0. The van der Waals surface area contributed by atoms with Gasteiger partial charge in [-0.15, -0.1) is 0 Å². The number of ether oxygens (including phenoxy) is 2. The van der Waals surface area contributed by atoms with Gasteiger partial charge < -0.3 is 9.47 Å². The van der Waals surface area contributed by atoms with Crippen LogP contribution < -0.4 is 4.74 Å². The molecule has 0 atom stereocenters. The van der Waals surface area contributed by atoms with Crippen molar-refractivity contribution in [2.45, 2.75) is 6.18 Å². The summed E-state index contributed by atoms with van der Waals surface area (Å²) in [6.07, 6.45) is -5.10. The third kappa shape index (κ3) is 3.01. The van der Waals surface area contributed by atoms with Crippen molar-refractivity contribution in [1.29, 1.82) is 0 Å². The molecule has 0 fully saturated rings. The first-order valence-electron chi connectivity index (χ1n) is 4.10. The molecule has 86 valence electrons. The van der Waals surface area contributed by atoms with Crippen molar-refractivity contribution in [1.82, 2.24) is 0 Å². The first-order chi connectivity index (χ1) is 7.45. The Morgan fingerprint density at radius 1 is 1.31 bits per heavy atom. The molecule has 0 bridgehead atoms. The van der Waals surface area contributed by atoms with Crippen molar-refractivity contribution in [3.63, 3.8) is 0 Å². The predicted molar refractivity (Wildman–Crippen MR) is 48.8 cm³/mol. The number of halogens is 3. The Labute approximate surface area is 89.1 Å². The SMILES string of the molecule is C=COC(=O)Oc1ccccc1C(F)(F)F. The first kappa shape index (κ1) is 12.1. The molecule has 0 saturated carbocycles. The van der Waals surface area contributed by atoms with Crippen molar-refractivity contribution in [2.24, 2.45) is 0 Å². The highest BCUT2D eigenvalue weighted by Gasteiger charge is 2.34. The van der Waals surface area contributed by atoms with Crippen molar-refractivity contribution in [3.8, 4) is 5.75 Å². The van der Waals surface area contributed by atoms with Gasteiger partial charge in [-0.2, -0.15) is 13.2 Å². The summed E-state index contributed by atoms with van der Waals surface area (Å²) in [6, 6.07) is 4.32. The van der Waals surface area contributed by atoms with E-state index in [0.29, 0.717) is 0 Å². The van der Waals surface area contributed by atoms with Crippen molar-refractivity contribution in [3.05, 3.63) is 42.7 Å². The largest absolute Gasteiger partial charge is 0.518 e. The molecule has 1 rings (SSSR count). The highest BCUT2D eigenvalue weighted by Crippen LogP contribution is 2.35. The van der Waals surface area contributed by atoms with Crippen LogP contribution in [0.2, 0.25) is 0 Å². The molecule has 0 unspecified atom stereocenters. The monoisotopic (exact) mass is 232 g/mol. The molecule has 1 aromatic rings. The third-order valence-electron chi connectivity index (χ3n) is 1.57. The number of para-hydroxylation sites is 1. The summed E-state index contributed by atoms with van der Waals surface area (Å²) in [5, 5.41) is 0. The molecule has 0 spiro atoms. The van der Waals surface area contributed by atoms with Crippen LogP contribution in [-0.4, -0.2) is 6.16 Å². The molecule has 0 heterocycles. The van der Waals surface area contributed by atoms with Gasteiger partial charge in [0.15, 0.2) is 0 Å². The van der Waals surface area contributed by atoms with E-state index in [1.54, 1.807) is 0 Å². The van der Waals surface area contributed by atoms with Crippen LogP contribution in [0.4, 0.5) is 18.0 Å². The summed E-state index contributed by atoms with van der Waals surface area (Å²) in [5.74, 6) is -0.609. The maximum Gasteiger partial charge on any atom is 0.518 e. The van der Waals surface area contributed by atoms with Gasteiger partial charge in [-0.05, 0) is 12.1 Å². The van der Waals surface area contributed by atoms with E-state index in [-0.39, 0.29) is 0 Å². The maximum absolute atomic E-state index is 12.4. The number of alkyl halides is 3. The molecule has 0 aromatic heterocycles. The molecule has 6 heteroatoms. The normalized spacial score (nSPS) is 10.7. The molecule has 0 aliphatic carbocycles. The van der Waals surface area contributed by atoms with Crippen LogP contribution in [0.1, 0.15) is 5.56 Å². The fourth-order valence-corrected chi connectivity index (χ4v) is 0.972. The lowest BCUT2D eigenvalue weighted by Gasteiger charge is -2.11. The zero-order chi connectivity index (χ0) is 12.2. The summed E-state index contributed by atoms with van der Waals surface area (Å²) in [4.78, 5) is 10.8. The summed E-state index contributed by atoms with van der Waals surface area (Å²) in [6.45, 7) is 3.07. The van der Waals surface area contributed by atoms with Crippen LogP contribution in [0, 0.1) is 0 Å². The first-order valence-corrected chi connectivity index (χ1v) is 4.10. The Morgan fingerprint density at radius 2 is 1.94 bits per heavy atom. The maximum atomic E-state index is 12.4. The Morgan fingerprint density at radius 3 is 2.50 bits per heavy atom. The number of carbonyl (C=O) groups is 1. The van der Waals surface area contributed by atoms with Gasteiger partial charge in [-0.25, -0.2) is 4.79 Å². The second-order valence-corrected chi connectivity index (χ2v) is 2.63.